The Bertz CT molecular complexity index is 747. The molecule has 1 fully saturated rings. The Labute approximate surface area is 170 Å². The van der Waals surface area contributed by atoms with Crippen molar-refractivity contribution in [3.05, 3.63) is 23.8 Å². The Kier molecular flexibility index (Phi) is 7.88. The summed E-state index contributed by atoms with van der Waals surface area (Å²) in [5, 5.41) is 19.2. The van der Waals surface area contributed by atoms with E-state index in [0.29, 0.717) is 45.4 Å². The minimum Gasteiger partial charge on any atom is -0.486 e. The summed E-state index contributed by atoms with van der Waals surface area (Å²) in [6.07, 6.45) is -3.65. The van der Waals surface area contributed by atoms with Gasteiger partial charge in [-0.3, -0.25) is 4.79 Å². The first-order chi connectivity index (χ1) is 14.0. The number of carboxylic acid groups (broad SMARTS) is 2. The van der Waals surface area contributed by atoms with Gasteiger partial charge in [-0.25, -0.2) is 9.18 Å². The zero-order valence-electron chi connectivity index (χ0n) is 16.0. The van der Waals surface area contributed by atoms with Gasteiger partial charge in [-0.2, -0.15) is 13.2 Å². The first-order valence-corrected chi connectivity index (χ1v) is 9.31. The standard InChI is InChI=1S/C17H22FNO4.C2HF3O2/c18-17(5-3-13(4-6-17)16(20)21)11-19-10-12-1-2-14-15(9-12)23-8-7-22-14;3-2(4,5)1(6)7/h1-2,9,13,19H,3-8,10-11H2,(H,20,21);(H,6,7). The van der Waals surface area contributed by atoms with Crippen molar-refractivity contribution >= 4 is 11.9 Å². The normalized spacial score (nSPS) is 23.1. The largest absolute Gasteiger partial charge is 0.490 e. The van der Waals surface area contributed by atoms with E-state index in [0.717, 1.165) is 17.1 Å². The van der Waals surface area contributed by atoms with E-state index in [9.17, 15) is 22.4 Å². The maximum absolute atomic E-state index is 14.7. The molecule has 11 heteroatoms. The molecule has 1 aliphatic heterocycles. The lowest BCUT2D eigenvalue weighted by molar-refractivity contribution is -0.192. The van der Waals surface area contributed by atoms with Crippen LogP contribution < -0.4 is 14.8 Å². The van der Waals surface area contributed by atoms with Gasteiger partial charge in [0.2, 0.25) is 0 Å². The molecule has 1 saturated carbocycles. The lowest BCUT2D eigenvalue weighted by Crippen LogP contribution is -2.40. The molecule has 168 valence electrons. The van der Waals surface area contributed by atoms with Gasteiger partial charge in [0.05, 0.1) is 5.92 Å². The summed E-state index contributed by atoms with van der Waals surface area (Å²) in [6.45, 7) is 1.90. The minimum atomic E-state index is -5.08. The summed E-state index contributed by atoms with van der Waals surface area (Å²) < 4.78 is 57.4. The van der Waals surface area contributed by atoms with Crippen LogP contribution in [0.4, 0.5) is 17.6 Å². The van der Waals surface area contributed by atoms with Crippen molar-refractivity contribution in [1.29, 1.82) is 0 Å². The molecule has 0 aromatic heterocycles. The number of carbonyl (C=O) groups is 2. The first kappa shape index (κ1) is 23.7. The van der Waals surface area contributed by atoms with Gasteiger partial charge in [0.1, 0.15) is 18.9 Å². The van der Waals surface area contributed by atoms with Crippen molar-refractivity contribution in [3.8, 4) is 11.5 Å². The van der Waals surface area contributed by atoms with Gasteiger partial charge in [0, 0.05) is 13.1 Å². The van der Waals surface area contributed by atoms with Crippen LogP contribution in [-0.2, 0) is 16.1 Å². The molecular formula is C19H23F4NO6. The molecule has 1 heterocycles. The van der Waals surface area contributed by atoms with Gasteiger partial charge < -0.3 is 25.0 Å². The van der Waals surface area contributed by atoms with Crippen molar-refractivity contribution in [2.75, 3.05) is 19.8 Å². The molecule has 30 heavy (non-hydrogen) atoms. The minimum absolute atomic E-state index is 0.244. The van der Waals surface area contributed by atoms with Crippen LogP contribution in [0.25, 0.3) is 0 Å². The quantitative estimate of drug-likeness (QED) is 0.608. The second kappa shape index (κ2) is 9.96. The molecule has 3 rings (SSSR count). The van der Waals surface area contributed by atoms with Gasteiger partial charge in [-0.05, 0) is 43.4 Å². The van der Waals surface area contributed by atoms with Crippen LogP contribution in [0.15, 0.2) is 18.2 Å². The average molecular weight is 437 g/mol. The summed E-state index contributed by atoms with van der Waals surface area (Å²) in [5.74, 6) is -2.48. The van der Waals surface area contributed by atoms with Crippen molar-refractivity contribution < 1.29 is 46.8 Å². The van der Waals surface area contributed by atoms with E-state index in [1.54, 1.807) is 0 Å². The fraction of sp³-hybridized carbons (Fsp3) is 0.579. The number of hydrogen-bond acceptors (Lipinski definition) is 5. The summed E-state index contributed by atoms with van der Waals surface area (Å²) in [7, 11) is 0. The second-order valence-corrected chi connectivity index (χ2v) is 7.15. The summed E-state index contributed by atoms with van der Waals surface area (Å²) in [6, 6.07) is 5.72. The molecule has 0 amide bonds. The third-order valence-electron chi connectivity index (χ3n) is 4.85. The smallest absolute Gasteiger partial charge is 0.486 e. The van der Waals surface area contributed by atoms with E-state index in [2.05, 4.69) is 5.32 Å². The molecule has 0 unspecified atom stereocenters. The van der Waals surface area contributed by atoms with E-state index < -0.39 is 29.7 Å². The highest BCUT2D eigenvalue weighted by molar-refractivity contribution is 5.73. The molecule has 0 radical (unpaired) electrons. The molecule has 1 aromatic rings. The number of hydrogen-bond donors (Lipinski definition) is 3. The van der Waals surface area contributed by atoms with E-state index >= 15 is 0 Å². The van der Waals surface area contributed by atoms with Crippen LogP contribution in [-0.4, -0.2) is 53.8 Å². The topological polar surface area (TPSA) is 105 Å². The Morgan fingerprint density at radius 3 is 2.20 bits per heavy atom. The molecule has 3 N–H and O–H groups in total. The summed E-state index contributed by atoms with van der Waals surface area (Å²) >= 11 is 0. The predicted molar refractivity (Wildman–Crippen MR) is 96.3 cm³/mol. The molecule has 7 nitrogen and oxygen atoms in total. The van der Waals surface area contributed by atoms with Gasteiger partial charge in [0.25, 0.3) is 0 Å². The predicted octanol–water partition coefficient (Wildman–Crippen LogP) is 3.16. The number of alkyl halides is 4. The number of ether oxygens (including phenoxy) is 2. The SMILES string of the molecule is O=C(O)C(F)(F)F.O=C(O)C1CCC(F)(CNCc2ccc3c(c2)OCCO3)CC1. The second-order valence-electron chi connectivity index (χ2n) is 7.15. The van der Waals surface area contributed by atoms with Crippen LogP contribution in [0.2, 0.25) is 0 Å². The Morgan fingerprint density at radius 1 is 1.10 bits per heavy atom. The molecule has 1 aliphatic carbocycles. The van der Waals surface area contributed by atoms with E-state index in [1.807, 2.05) is 18.2 Å². The first-order valence-electron chi connectivity index (χ1n) is 9.31. The summed E-state index contributed by atoms with van der Waals surface area (Å²) in [5.41, 5.74) is -0.295. The molecule has 1 aromatic carbocycles. The van der Waals surface area contributed by atoms with Gasteiger partial charge in [-0.1, -0.05) is 6.07 Å². The fourth-order valence-electron chi connectivity index (χ4n) is 3.19. The lowest BCUT2D eigenvalue weighted by atomic mass is 9.80. The number of rotatable bonds is 5. The monoisotopic (exact) mass is 437 g/mol. The molecular weight excluding hydrogens is 414 g/mol. The fourth-order valence-corrected chi connectivity index (χ4v) is 3.19. The molecule has 0 spiro atoms. The molecule has 0 bridgehead atoms. The third kappa shape index (κ3) is 7.05. The maximum Gasteiger partial charge on any atom is 0.490 e. The van der Waals surface area contributed by atoms with Crippen LogP contribution in [0, 0.1) is 5.92 Å². The van der Waals surface area contributed by atoms with Crippen LogP contribution in [0.1, 0.15) is 31.2 Å². The number of nitrogens with one attached hydrogen (secondary N) is 1. The van der Waals surface area contributed by atoms with Crippen molar-refractivity contribution in [2.45, 2.75) is 44.1 Å². The van der Waals surface area contributed by atoms with Crippen LogP contribution >= 0.6 is 0 Å². The highest BCUT2D eigenvalue weighted by atomic mass is 19.4. The third-order valence-corrected chi connectivity index (χ3v) is 4.85. The molecule has 2 aliphatic rings. The Hall–Kier alpha value is -2.56. The van der Waals surface area contributed by atoms with Gasteiger partial charge in [0.15, 0.2) is 11.5 Å². The van der Waals surface area contributed by atoms with E-state index in [-0.39, 0.29) is 6.54 Å². The molecule has 0 atom stereocenters. The zero-order chi connectivity index (χ0) is 22.4. The number of carboxylic acids is 2. The van der Waals surface area contributed by atoms with Crippen molar-refractivity contribution in [2.24, 2.45) is 5.92 Å². The number of halogens is 4. The number of aliphatic carboxylic acids is 2. The average Bonchev–Trinajstić information content (AvgIpc) is 2.68. The lowest BCUT2D eigenvalue weighted by Gasteiger charge is -2.32. The maximum atomic E-state index is 14.7. The van der Waals surface area contributed by atoms with Crippen LogP contribution in [0.5, 0.6) is 11.5 Å². The van der Waals surface area contributed by atoms with Crippen molar-refractivity contribution in [3.63, 3.8) is 0 Å². The number of fused-ring (bicyclic) bond motifs is 1. The summed E-state index contributed by atoms with van der Waals surface area (Å²) in [4.78, 5) is 19.8. The Balaban J connectivity index is 0.000000396. The van der Waals surface area contributed by atoms with Crippen molar-refractivity contribution in [1.82, 2.24) is 5.32 Å². The van der Waals surface area contributed by atoms with Gasteiger partial charge in [-0.15, -0.1) is 0 Å². The molecule has 0 saturated heterocycles. The van der Waals surface area contributed by atoms with Gasteiger partial charge >= 0.3 is 18.1 Å². The highest BCUT2D eigenvalue weighted by Crippen LogP contribution is 2.35. The van der Waals surface area contributed by atoms with Crippen LogP contribution in [0.3, 0.4) is 0 Å². The zero-order valence-corrected chi connectivity index (χ0v) is 16.0. The number of benzene rings is 1. The van der Waals surface area contributed by atoms with E-state index in [1.165, 1.54) is 0 Å². The Morgan fingerprint density at radius 2 is 1.67 bits per heavy atom. The highest BCUT2D eigenvalue weighted by Gasteiger charge is 2.38. The van der Waals surface area contributed by atoms with E-state index in [4.69, 9.17) is 24.5 Å².